The lowest BCUT2D eigenvalue weighted by Crippen LogP contribution is -2.42. The molecule has 0 aliphatic carbocycles. The van der Waals surface area contributed by atoms with Crippen LogP contribution in [-0.2, 0) is 21.4 Å². The maximum Gasteiger partial charge on any atom is 0.420 e. The third kappa shape index (κ3) is 4.74. The zero-order chi connectivity index (χ0) is 24.6. The topological polar surface area (TPSA) is 111 Å². The largest absolute Gasteiger partial charge is 0.495 e. The number of methoxy groups -OCH3 is 1. The van der Waals surface area contributed by atoms with E-state index < -0.39 is 21.7 Å². The highest BCUT2D eigenvalue weighted by Crippen LogP contribution is 2.28. The number of hydrogen-bond acceptors (Lipinski definition) is 6. The lowest BCUT2D eigenvalue weighted by atomic mass is 9.94. The van der Waals surface area contributed by atoms with Crippen LogP contribution < -0.4 is 15.8 Å². The first-order valence-electron chi connectivity index (χ1n) is 11.2. The number of hydrogen-bond donors (Lipinski definition) is 1. The second kappa shape index (κ2) is 9.27. The fourth-order valence-corrected chi connectivity index (χ4v) is 6.26. The van der Waals surface area contributed by atoms with Crippen LogP contribution in [0.5, 0.6) is 5.75 Å². The molecule has 1 saturated heterocycles. The molecular formula is C24H29N3O6S. The summed E-state index contributed by atoms with van der Waals surface area (Å²) >= 11 is 0. The SMILES string of the molecule is COc1ccc(C)cc1NC(=O)Cn1c(=O)oc2cc(S(=O)(=O)N3C[C@@H](C)C[C@H](C)C3)ccc21. The van der Waals surface area contributed by atoms with Gasteiger partial charge in [-0.15, -0.1) is 0 Å². The van der Waals surface area contributed by atoms with E-state index >= 15 is 0 Å². The normalized spacial score (nSPS) is 19.3. The number of nitrogens with one attached hydrogen (secondary N) is 1. The third-order valence-electron chi connectivity index (χ3n) is 6.04. The van der Waals surface area contributed by atoms with Gasteiger partial charge >= 0.3 is 5.76 Å². The number of fused-ring (bicyclic) bond motifs is 1. The predicted octanol–water partition coefficient (Wildman–Crippen LogP) is 3.22. The molecule has 1 aromatic heterocycles. The quantitative estimate of drug-likeness (QED) is 0.572. The minimum atomic E-state index is -3.73. The maximum absolute atomic E-state index is 13.2. The van der Waals surface area contributed by atoms with E-state index in [0.29, 0.717) is 30.0 Å². The standard InChI is InChI=1S/C24H29N3O6S/c1-15-5-8-21(32-4)19(10-15)25-23(28)14-27-20-7-6-18(11-22(20)33-24(27)29)34(30,31)26-12-16(2)9-17(3)13-26/h5-8,10-11,16-17H,9,12-14H2,1-4H3,(H,25,28)/t16-,17-/m0/s1. The predicted molar refractivity (Wildman–Crippen MR) is 129 cm³/mol. The first-order valence-corrected chi connectivity index (χ1v) is 12.6. The van der Waals surface area contributed by atoms with Gasteiger partial charge in [-0.3, -0.25) is 9.36 Å². The van der Waals surface area contributed by atoms with Gasteiger partial charge in [-0.2, -0.15) is 4.31 Å². The fourth-order valence-electron chi connectivity index (χ4n) is 4.56. The number of piperidine rings is 1. The van der Waals surface area contributed by atoms with Gasteiger partial charge in [-0.1, -0.05) is 19.9 Å². The fraction of sp³-hybridized carbons (Fsp3) is 0.417. The van der Waals surface area contributed by atoms with Crippen LogP contribution in [0, 0.1) is 18.8 Å². The molecule has 3 aromatic rings. The van der Waals surface area contributed by atoms with Gasteiger partial charge in [-0.05, 0) is 55.0 Å². The molecule has 1 aliphatic heterocycles. The van der Waals surface area contributed by atoms with E-state index in [9.17, 15) is 18.0 Å². The number of amides is 1. The molecule has 0 saturated carbocycles. The van der Waals surface area contributed by atoms with Crippen molar-refractivity contribution in [1.82, 2.24) is 8.87 Å². The third-order valence-corrected chi connectivity index (χ3v) is 7.87. The summed E-state index contributed by atoms with van der Waals surface area (Å²) in [5.74, 6) is -0.143. The van der Waals surface area contributed by atoms with Crippen molar-refractivity contribution >= 4 is 32.7 Å². The van der Waals surface area contributed by atoms with Crippen molar-refractivity contribution in [3.63, 3.8) is 0 Å². The van der Waals surface area contributed by atoms with Crippen LogP contribution in [0.2, 0.25) is 0 Å². The van der Waals surface area contributed by atoms with E-state index in [0.717, 1.165) is 12.0 Å². The molecule has 2 heterocycles. The van der Waals surface area contributed by atoms with Crippen molar-refractivity contribution in [1.29, 1.82) is 0 Å². The number of aromatic nitrogens is 1. The van der Waals surface area contributed by atoms with Crippen LogP contribution in [0.15, 0.2) is 50.5 Å². The van der Waals surface area contributed by atoms with Crippen molar-refractivity contribution in [3.05, 3.63) is 52.5 Å². The molecule has 1 aliphatic rings. The highest BCUT2D eigenvalue weighted by molar-refractivity contribution is 7.89. The van der Waals surface area contributed by atoms with Gasteiger partial charge in [0.05, 0.1) is 23.2 Å². The van der Waals surface area contributed by atoms with Gasteiger partial charge in [0.15, 0.2) is 5.58 Å². The minimum absolute atomic E-state index is 0.0659. The van der Waals surface area contributed by atoms with E-state index in [-0.39, 0.29) is 28.9 Å². The van der Waals surface area contributed by atoms with Crippen LogP contribution in [-0.4, -0.2) is 43.4 Å². The number of nitrogens with zero attached hydrogens (tertiary/aromatic N) is 2. The molecule has 34 heavy (non-hydrogen) atoms. The summed E-state index contributed by atoms with van der Waals surface area (Å²) in [6.07, 6.45) is 0.985. The van der Waals surface area contributed by atoms with Crippen LogP contribution in [0.25, 0.3) is 11.1 Å². The van der Waals surface area contributed by atoms with Gasteiger partial charge in [0.25, 0.3) is 0 Å². The van der Waals surface area contributed by atoms with Crippen LogP contribution >= 0.6 is 0 Å². The van der Waals surface area contributed by atoms with E-state index in [4.69, 9.17) is 9.15 Å². The van der Waals surface area contributed by atoms with E-state index in [2.05, 4.69) is 5.32 Å². The molecule has 4 rings (SSSR count). The molecule has 1 N–H and O–H groups in total. The summed E-state index contributed by atoms with van der Waals surface area (Å²) in [7, 11) is -2.22. The van der Waals surface area contributed by atoms with Crippen molar-refractivity contribution in [2.75, 3.05) is 25.5 Å². The number of sulfonamides is 1. The Balaban J connectivity index is 1.59. The number of aryl methyl sites for hydroxylation is 1. The molecule has 0 radical (unpaired) electrons. The number of oxazole rings is 1. The maximum atomic E-state index is 13.2. The number of benzene rings is 2. The molecular weight excluding hydrogens is 458 g/mol. The van der Waals surface area contributed by atoms with Gasteiger partial charge < -0.3 is 14.5 Å². The average Bonchev–Trinajstić information content (AvgIpc) is 3.07. The number of anilines is 1. The summed E-state index contributed by atoms with van der Waals surface area (Å²) in [4.78, 5) is 25.2. The summed E-state index contributed by atoms with van der Waals surface area (Å²) in [6, 6.07) is 9.69. The highest BCUT2D eigenvalue weighted by Gasteiger charge is 2.32. The molecule has 1 fully saturated rings. The summed E-state index contributed by atoms with van der Waals surface area (Å²) < 4.78 is 39.7. The Morgan fingerprint density at radius 2 is 1.85 bits per heavy atom. The Bertz CT molecular complexity index is 1380. The summed E-state index contributed by atoms with van der Waals surface area (Å²) in [5.41, 5.74) is 1.89. The van der Waals surface area contributed by atoms with Crippen LogP contribution in [0.4, 0.5) is 5.69 Å². The lowest BCUT2D eigenvalue weighted by Gasteiger charge is -2.34. The molecule has 2 aromatic carbocycles. The number of carbonyl (C=O) groups is 1. The van der Waals surface area contributed by atoms with Gasteiger partial charge in [0.1, 0.15) is 12.3 Å². The van der Waals surface area contributed by atoms with Gasteiger partial charge in [0.2, 0.25) is 15.9 Å². The second-order valence-corrected chi connectivity index (χ2v) is 11.0. The first-order chi connectivity index (χ1) is 16.1. The van der Waals surface area contributed by atoms with Crippen molar-refractivity contribution in [3.8, 4) is 5.75 Å². The number of rotatable bonds is 6. The molecule has 0 bridgehead atoms. The Labute approximate surface area is 198 Å². The number of ether oxygens (including phenoxy) is 1. The Kier molecular flexibility index (Phi) is 6.55. The number of carbonyl (C=O) groups excluding carboxylic acids is 1. The van der Waals surface area contributed by atoms with Crippen molar-refractivity contribution in [2.45, 2.75) is 38.6 Å². The average molecular weight is 488 g/mol. The van der Waals surface area contributed by atoms with Crippen LogP contribution in [0.3, 0.4) is 0 Å². The summed E-state index contributed by atoms with van der Waals surface area (Å²) in [5, 5.41) is 2.75. The van der Waals surface area contributed by atoms with E-state index in [1.54, 1.807) is 12.1 Å². The lowest BCUT2D eigenvalue weighted by molar-refractivity contribution is -0.116. The van der Waals surface area contributed by atoms with Gasteiger partial charge in [0, 0.05) is 19.2 Å². The molecule has 2 atom stereocenters. The monoisotopic (exact) mass is 487 g/mol. The Hall–Kier alpha value is -3.11. The summed E-state index contributed by atoms with van der Waals surface area (Å²) in [6.45, 7) is 6.59. The zero-order valence-electron chi connectivity index (χ0n) is 19.7. The second-order valence-electron chi connectivity index (χ2n) is 9.10. The zero-order valence-corrected chi connectivity index (χ0v) is 20.5. The molecule has 9 nitrogen and oxygen atoms in total. The van der Waals surface area contributed by atoms with Crippen molar-refractivity contribution < 1.29 is 22.4 Å². The minimum Gasteiger partial charge on any atom is -0.495 e. The highest BCUT2D eigenvalue weighted by atomic mass is 32.2. The van der Waals surface area contributed by atoms with Gasteiger partial charge in [-0.25, -0.2) is 13.2 Å². The molecule has 1 amide bonds. The molecule has 0 unspecified atom stereocenters. The molecule has 182 valence electrons. The van der Waals surface area contributed by atoms with E-state index in [1.807, 2.05) is 26.8 Å². The van der Waals surface area contributed by atoms with Crippen LogP contribution in [0.1, 0.15) is 25.8 Å². The Morgan fingerprint density at radius 3 is 2.53 bits per heavy atom. The van der Waals surface area contributed by atoms with Crippen molar-refractivity contribution in [2.24, 2.45) is 11.8 Å². The first kappa shape index (κ1) is 24.0. The van der Waals surface area contributed by atoms with E-state index in [1.165, 1.54) is 34.2 Å². The molecule has 0 spiro atoms. The Morgan fingerprint density at radius 1 is 1.15 bits per heavy atom. The smallest absolute Gasteiger partial charge is 0.420 e. The molecule has 10 heteroatoms.